The van der Waals surface area contributed by atoms with Gasteiger partial charge in [-0.25, -0.2) is 0 Å². The van der Waals surface area contributed by atoms with Crippen molar-refractivity contribution in [1.29, 1.82) is 0 Å². The Bertz CT molecular complexity index is 436. The lowest BCUT2D eigenvalue weighted by Crippen LogP contribution is -2.49. The fourth-order valence-corrected chi connectivity index (χ4v) is 2.67. The molecule has 0 atom stereocenters. The topological polar surface area (TPSA) is 38.3 Å². The Labute approximate surface area is 128 Å². The van der Waals surface area contributed by atoms with E-state index < -0.39 is 0 Å². The molecule has 0 heterocycles. The SMILES string of the molecule is COc1cc(Cl)ccc1C(=O)NC(C)(CBr)CBr. The predicted octanol–water partition coefficient (Wildman–Crippen LogP) is 3.63. The molecular weight excluding hydrogens is 385 g/mol. The average molecular weight is 400 g/mol. The summed E-state index contributed by atoms with van der Waals surface area (Å²) < 4.78 is 5.16. The van der Waals surface area contributed by atoms with Crippen molar-refractivity contribution in [3.63, 3.8) is 0 Å². The zero-order valence-corrected chi connectivity index (χ0v) is 14.0. The third kappa shape index (κ3) is 3.87. The van der Waals surface area contributed by atoms with Crippen molar-refractivity contribution in [1.82, 2.24) is 5.32 Å². The molecule has 0 spiro atoms. The van der Waals surface area contributed by atoms with Crippen LogP contribution in [-0.2, 0) is 0 Å². The number of hydrogen-bond donors (Lipinski definition) is 1. The quantitative estimate of drug-likeness (QED) is 0.768. The lowest BCUT2D eigenvalue weighted by Gasteiger charge is -2.26. The Morgan fingerprint density at radius 3 is 2.56 bits per heavy atom. The van der Waals surface area contributed by atoms with Gasteiger partial charge >= 0.3 is 0 Å². The van der Waals surface area contributed by atoms with E-state index in [1.807, 2.05) is 6.92 Å². The summed E-state index contributed by atoms with van der Waals surface area (Å²) in [6.45, 7) is 1.94. The van der Waals surface area contributed by atoms with Crippen LogP contribution in [0, 0.1) is 0 Å². The van der Waals surface area contributed by atoms with Gasteiger partial charge in [-0.15, -0.1) is 0 Å². The van der Waals surface area contributed by atoms with Gasteiger partial charge in [0.25, 0.3) is 5.91 Å². The van der Waals surface area contributed by atoms with E-state index in [-0.39, 0.29) is 11.4 Å². The molecule has 0 bridgehead atoms. The maximum absolute atomic E-state index is 12.2. The Morgan fingerprint density at radius 1 is 1.44 bits per heavy atom. The van der Waals surface area contributed by atoms with Crippen molar-refractivity contribution in [3.8, 4) is 5.75 Å². The maximum Gasteiger partial charge on any atom is 0.255 e. The molecule has 1 aromatic carbocycles. The van der Waals surface area contributed by atoms with E-state index >= 15 is 0 Å². The second-order valence-corrected chi connectivity index (χ2v) is 5.68. The van der Waals surface area contributed by atoms with Crippen LogP contribution in [0.15, 0.2) is 18.2 Å². The second-order valence-electron chi connectivity index (χ2n) is 4.13. The first-order chi connectivity index (χ1) is 8.45. The Balaban J connectivity index is 2.97. The summed E-state index contributed by atoms with van der Waals surface area (Å²) in [4.78, 5) is 12.2. The third-order valence-electron chi connectivity index (χ3n) is 2.41. The lowest BCUT2D eigenvalue weighted by atomic mass is 10.1. The Morgan fingerprint density at radius 2 is 2.06 bits per heavy atom. The summed E-state index contributed by atoms with van der Waals surface area (Å²) in [5.41, 5.74) is 0.108. The van der Waals surface area contributed by atoms with Crippen LogP contribution in [0.4, 0.5) is 0 Å². The highest BCUT2D eigenvalue weighted by Gasteiger charge is 2.25. The van der Waals surface area contributed by atoms with Gasteiger partial charge in [0, 0.05) is 15.7 Å². The number of methoxy groups -OCH3 is 1. The first-order valence-electron chi connectivity index (χ1n) is 5.24. The number of rotatable bonds is 5. The van der Waals surface area contributed by atoms with E-state index in [0.29, 0.717) is 27.0 Å². The van der Waals surface area contributed by atoms with Gasteiger partial charge in [-0.1, -0.05) is 43.5 Å². The number of ether oxygens (including phenoxy) is 1. The minimum atomic E-state index is -0.359. The van der Waals surface area contributed by atoms with E-state index in [4.69, 9.17) is 16.3 Å². The minimum Gasteiger partial charge on any atom is -0.496 e. The van der Waals surface area contributed by atoms with Gasteiger partial charge in [0.1, 0.15) is 5.75 Å². The van der Waals surface area contributed by atoms with E-state index in [1.54, 1.807) is 18.2 Å². The van der Waals surface area contributed by atoms with E-state index in [1.165, 1.54) is 7.11 Å². The molecule has 0 aliphatic carbocycles. The monoisotopic (exact) mass is 397 g/mol. The zero-order valence-electron chi connectivity index (χ0n) is 10.1. The number of benzene rings is 1. The van der Waals surface area contributed by atoms with Crippen LogP contribution in [0.2, 0.25) is 5.02 Å². The number of amides is 1. The molecule has 1 N–H and O–H groups in total. The predicted molar refractivity (Wildman–Crippen MR) is 81.5 cm³/mol. The summed E-state index contributed by atoms with van der Waals surface area (Å²) in [6.07, 6.45) is 0. The summed E-state index contributed by atoms with van der Waals surface area (Å²) in [6, 6.07) is 4.94. The number of carbonyl (C=O) groups is 1. The van der Waals surface area contributed by atoms with Crippen molar-refractivity contribution < 1.29 is 9.53 Å². The van der Waals surface area contributed by atoms with Crippen LogP contribution in [0.25, 0.3) is 0 Å². The molecule has 0 aromatic heterocycles. The van der Waals surface area contributed by atoms with Crippen molar-refractivity contribution in [2.75, 3.05) is 17.8 Å². The molecule has 0 unspecified atom stereocenters. The van der Waals surface area contributed by atoms with Crippen LogP contribution in [0.5, 0.6) is 5.75 Å². The number of halogens is 3. The highest BCUT2D eigenvalue weighted by molar-refractivity contribution is 9.09. The Hall–Kier alpha value is -0.260. The number of carbonyl (C=O) groups excluding carboxylic acids is 1. The summed E-state index contributed by atoms with van der Waals surface area (Å²) in [5, 5.41) is 4.77. The van der Waals surface area contributed by atoms with Crippen molar-refractivity contribution in [2.45, 2.75) is 12.5 Å². The maximum atomic E-state index is 12.2. The molecule has 1 amide bonds. The minimum absolute atomic E-state index is 0.190. The van der Waals surface area contributed by atoms with Crippen LogP contribution in [0.3, 0.4) is 0 Å². The van der Waals surface area contributed by atoms with Crippen LogP contribution in [0.1, 0.15) is 17.3 Å². The van der Waals surface area contributed by atoms with Crippen molar-refractivity contribution >= 4 is 49.4 Å². The molecule has 3 nitrogen and oxygen atoms in total. The number of nitrogens with one attached hydrogen (secondary N) is 1. The molecule has 0 saturated carbocycles. The largest absolute Gasteiger partial charge is 0.496 e. The lowest BCUT2D eigenvalue weighted by molar-refractivity contribution is 0.0920. The highest BCUT2D eigenvalue weighted by Crippen LogP contribution is 2.24. The summed E-state index contributed by atoms with van der Waals surface area (Å²) in [5.74, 6) is 0.274. The highest BCUT2D eigenvalue weighted by atomic mass is 79.9. The number of hydrogen-bond acceptors (Lipinski definition) is 2. The first-order valence-corrected chi connectivity index (χ1v) is 7.86. The molecule has 0 fully saturated rings. The molecule has 100 valence electrons. The molecule has 0 aliphatic heterocycles. The van der Waals surface area contributed by atoms with E-state index in [2.05, 4.69) is 37.2 Å². The summed E-state index contributed by atoms with van der Waals surface area (Å²) >= 11 is 12.6. The normalized spacial score (nSPS) is 11.2. The molecular formula is C12H14Br2ClNO2. The first kappa shape index (κ1) is 15.8. The number of alkyl halides is 2. The fraction of sp³-hybridized carbons (Fsp3) is 0.417. The van der Waals surface area contributed by atoms with Crippen molar-refractivity contribution in [3.05, 3.63) is 28.8 Å². The fourth-order valence-electron chi connectivity index (χ4n) is 1.30. The standard InChI is InChI=1S/C12H14Br2ClNO2/c1-12(6-13,7-14)16-11(17)9-4-3-8(15)5-10(9)18-2/h3-5H,6-7H2,1-2H3,(H,16,17). The molecule has 1 rings (SSSR count). The van der Waals surface area contributed by atoms with Gasteiger partial charge in [-0.3, -0.25) is 4.79 Å². The zero-order chi connectivity index (χ0) is 13.8. The molecule has 0 radical (unpaired) electrons. The van der Waals surface area contributed by atoms with Gasteiger partial charge in [-0.2, -0.15) is 0 Å². The van der Waals surface area contributed by atoms with Crippen LogP contribution >= 0.6 is 43.5 Å². The molecule has 1 aromatic rings. The van der Waals surface area contributed by atoms with Gasteiger partial charge in [0.05, 0.1) is 18.2 Å². The molecule has 18 heavy (non-hydrogen) atoms. The molecule has 6 heteroatoms. The van der Waals surface area contributed by atoms with Crippen LogP contribution < -0.4 is 10.1 Å². The summed E-state index contributed by atoms with van der Waals surface area (Å²) in [7, 11) is 1.51. The third-order valence-corrected chi connectivity index (χ3v) is 5.12. The average Bonchev–Trinajstić information content (AvgIpc) is 2.38. The van der Waals surface area contributed by atoms with E-state index in [9.17, 15) is 4.79 Å². The smallest absolute Gasteiger partial charge is 0.255 e. The van der Waals surface area contributed by atoms with E-state index in [0.717, 1.165) is 0 Å². The van der Waals surface area contributed by atoms with Gasteiger partial charge in [0.15, 0.2) is 0 Å². The van der Waals surface area contributed by atoms with Gasteiger partial charge in [-0.05, 0) is 25.1 Å². The van der Waals surface area contributed by atoms with Gasteiger partial charge in [0.2, 0.25) is 0 Å². The Kier molecular flexibility index (Phi) is 5.95. The van der Waals surface area contributed by atoms with Crippen molar-refractivity contribution in [2.24, 2.45) is 0 Å². The second kappa shape index (κ2) is 6.78. The molecule has 0 aliphatic rings. The van der Waals surface area contributed by atoms with Gasteiger partial charge < -0.3 is 10.1 Å². The molecule has 0 saturated heterocycles. The van der Waals surface area contributed by atoms with Crippen LogP contribution in [-0.4, -0.2) is 29.2 Å².